The zero-order chi connectivity index (χ0) is 11.7. The average Bonchev–Trinajstić information content (AvgIpc) is 2.19. The van der Waals surface area contributed by atoms with E-state index in [9.17, 15) is 18.7 Å². The van der Waals surface area contributed by atoms with Gasteiger partial charge in [0.15, 0.2) is 11.6 Å². The topological polar surface area (TPSA) is 65.9 Å². The molecule has 2 aromatic rings. The Morgan fingerprint density at radius 1 is 1.24 bits per heavy atom. The number of benzene rings is 1. The van der Waals surface area contributed by atoms with E-state index in [1.807, 2.05) is 0 Å². The van der Waals surface area contributed by atoms with Crippen molar-refractivity contribution in [3.8, 4) is 0 Å². The van der Waals surface area contributed by atoms with Gasteiger partial charge >= 0.3 is 18.9 Å². The molecule has 4 nitrogen and oxygen atoms in total. The summed E-state index contributed by atoms with van der Waals surface area (Å²) in [5, 5.41) is 10.3. The Labute approximate surface area is 107 Å². The van der Waals surface area contributed by atoms with E-state index in [0.717, 1.165) is 12.1 Å². The van der Waals surface area contributed by atoms with E-state index in [-0.39, 0.29) is 35.6 Å². The summed E-state index contributed by atoms with van der Waals surface area (Å²) >= 11 is 0. The van der Waals surface area contributed by atoms with Gasteiger partial charge in [-0.15, -0.1) is 0 Å². The van der Waals surface area contributed by atoms with Crippen molar-refractivity contribution < 1.29 is 37.5 Å². The molecular weight excluding hydrogens is 225 g/mol. The fourth-order valence-corrected chi connectivity index (χ4v) is 1.28. The summed E-state index contributed by atoms with van der Waals surface area (Å²) in [5.41, 5.74) is 0.414. The molecular formula is C10H5F2LiN2O2. The van der Waals surface area contributed by atoms with Crippen LogP contribution in [0.2, 0.25) is 0 Å². The zero-order valence-electron chi connectivity index (χ0n) is 8.91. The maximum atomic E-state index is 12.9. The molecule has 0 aliphatic heterocycles. The van der Waals surface area contributed by atoms with Gasteiger partial charge in [-0.2, -0.15) is 0 Å². The van der Waals surface area contributed by atoms with Crippen molar-refractivity contribution in [2.45, 2.75) is 6.42 Å². The maximum Gasteiger partial charge on any atom is 1.00 e. The van der Waals surface area contributed by atoms with E-state index in [4.69, 9.17) is 0 Å². The smallest absolute Gasteiger partial charge is 0.550 e. The Kier molecular flexibility index (Phi) is 4.15. The van der Waals surface area contributed by atoms with Crippen LogP contribution in [0.25, 0.3) is 11.0 Å². The number of nitrogens with zero attached hydrogens (tertiary/aromatic N) is 2. The first-order chi connectivity index (χ1) is 7.56. The van der Waals surface area contributed by atoms with E-state index < -0.39 is 24.0 Å². The molecule has 1 aromatic heterocycles. The second-order valence-electron chi connectivity index (χ2n) is 3.17. The van der Waals surface area contributed by atoms with E-state index in [1.165, 1.54) is 6.20 Å². The third-order valence-corrected chi connectivity index (χ3v) is 1.96. The molecule has 0 N–H and O–H groups in total. The molecule has 2 rings (SSSR count). The predicted molar refractivity (Wildman–Crippen MR) is 48.2 cm³/mol. The number of halogens is 2. The van der Waals surface area contributed by atoms with Crippen molar-refractivity contribution in [3.63, 3.8) is 0 Å². The van der Waals surface area contributed by atoms with Gasteiger partial charge in [0.1, 0.15) is 0 Å². The van der Waals surface area contributed by atoms with E-state index >= 15 is 0 Å². The molecule has 82 valence electrons. The number of hydrogen-bond acceptors (Lipinski definition) is 4. The minimum atomic E-state index is -1.31. The Morgan fingerprint density at radius 3 is 2.41 bits per heavy atom. The molecule has 17 heavy (non-hydrogen) atoms. The van der Waals surface area contributed by atoms with E-state index in [0.29, 0.717) is 0 Å². The molecule has 1 heterocycles. The van der Waals surface area contributed by atoms with Crippen molar-refractivity contribution in [2.24, 2.45) is 0 Å². The summed E-state index contributed by atoms with van der Waals surface area (Å²) in [6.45, 7) is 0. The first kappa shape index (κ1) is 13.6. The van der Waals surface area contributed by atoms with Crippen LogP contribution in [0.15, 0.2) is 18.3 Å². The Morgan fingerprint density at radius 2 is 1.82 bits per heavy atom. The Bertz CT molecular complexity index is 577. The predicted octanol–water partition coefficient (Wildman–Crippen LogP) is -2.80. The van der Waals surface area contributed by atoms with Gasteiger partial charge in [0.2, 0.25) is 0 Å². The molecule has 0 saturated carbocycles. The fraction of sp³-hybridized carbons (Fsp3) is 0.100. The molecule has 0 amide bonds. The number of carbonyl (C=O) groups excluding carboxylic acids is 1. The summed E-state index contributed by atoms with van der Waals surface area (Å²) in [7, 11) is 0. The van der Waals surface area contributed by atoms with Crippen molar-refractivity contribution in [2.75, 3.05) is 0 Å². The largest absolute Gasteiger partial charge is 1.00 e. The normalized spacial score (nSPS) is 10.0. The van der Waals surface area contributed by atoms with Gasteiger partial charge in [-0.1, -0.05) is 0 Å². The van der Waals surface area contributed by atoms with Crippen molar-refractivity contribution in [3.05, 3.63) is 35.7 Å². The average molecular weight is 230 g/mol. The SMILES string of the molecule is O=C([O-])Cc1cnc2cc(F)c(F)cc2n1.[Li+]. The third-order valence-electron chi connectivity index (χ3n) is 1.96. The molecule has 0 saturated heterocycles. The Hall–Kier alpha value is -1.51. The minimum Gasteiger partial charge on any atom is -0.550 e. The zero-order valence-corrected chi connectivity index (χ0v) is 8.91. The molecule has 7 heteroatoms. The van der Waals surface area contributed by atoms with Crippen LogP contribution in [0.4, 0.5) is 8.78 Å². The maximum absolute atomic E-state index is 12.9. The quantitative estimate of drug-likeness (QED) is 0.523. The molecule has 0 aliphatic rings. The van der Waals surface area contributed by atoms with Gasteiger partial charge in [-0.25, -0.2) is 13.8 Å². The summed E-state index contributed by atoms with van der Waals surface area (Å²) in [6, 6.07) is 1.77. The number of rotatable bonds is 2. The molecule has 0 fully saturated rings. The molecule has 0 atom stereocenters. The molecule has 0 spiro atoms. The summed E-state index contributed by atoms with van der Waals surface area (Å²) in [5.74, 6) is -3.38. The van der Waals surface area contributed by atoms with Crippen LogP contribution in [0.5, 0.6) is 0 Å². The number of carboxylic acids is 1. The van der Waals surface area contributed by atoms with Gasteiger partial charge in [0.05, 0.1) is 16.7 Å². The molecule has 1 aromatic carbocycles. The van der Waals surface area contributed by atoms with E-state index in [2.05, 4.69) is 9.97 Å². The standard InChI is InChI=1S/C10H6F2N2O2.Li/c11-6-2-8-9(3-7(6)12)14-5(4-13-8)1-10(15)16;/h2-4H,1H2,(H,15,16);/q;+1/p-1. The summed E-state index contributed by atoms with van der Waals surface area (Å²) < 4.78 is 25.7. The van der Waals surface area contributed by atoms with Crippen molar-refractivity contribution in [1.82, 2.24) is 9.97 Å². The molecule has 0 aliphatic carbocycles. The minimum absolute atomic E-state index is 0. The number of fused-ring (bicyclic) bond motifs is 1. The summed E-state index contributed by atoms with van der Waals surface area (Å²) in [6.07, 6.45) is 0.775. The molecule has 0 radical (unpaired) electrons. The van der Waals surface area contributed by atoms with Crippen LogP contribution < -0.4 is 24.0 Å². The second-order valence-corrected chi connectivity index (χ2v) is 3.17. The number of aliphatic carboxylic acids is 1. The second kappa shape index (κ2) is 5.21. The monoisotopic (exact) mass is 230 g/mol. The van der Waals surface area contributed by atoms with Gasteiger partial charge in [0.25, 0.3) is 0 Å². The summed E-state index contributed by atoms with van der Waals surface area (Å²) in [4.78, 5) is 17.9. The van der Waals surface area contributed by atoms with Crippen LogP contribution in [-0.4, -0.2) is 15.9 Å². The first-order valence-corrected chi connectivity index (χ1v) is 4.37. The molecule has 0 unspecified atom stereocenters. The third kappa shape index (κ3) is 2.99. The van der Waals surface area contributed by atoms with Gasteiger partial charge in [-0.05, 0) is 0 Å². The van der Waals surface area contributed by atoms with E-state index in [1.54, 1.807) is 0 Å². The Balaban J connectivity index is 0.00000144. The molecule has 0 bridgehead atoms. The number of carbonyl (C=O) groups is 1. The van der Waals surface area contributed by atoms with Gasteiger partial charge in [0, 0.05) is 30.7 Å². The van der Waals surface area contributed by atoms with Crippen LogP contribution in [0.3, 0.4) is 0 Å². The van der Waals surface area contributed by atoms with Crippen molar-refractivity contribution >= 4 is 17.0 Å². The number of carboxylic acid groups (broad SMARTS) is 1. The fourth-order valence-electron chi connectivity index (χ4n) is 1.28. The van der Waals surface area contributed by atoms with Crippen LogP contribution in [0.1, 0.15) is 5.69 Å². The van der Waals surface area contributed by atoms with Crippen LogP contribution in [0, 0.1) is 11.6 Å². The number of aromatic nitrogens is 2. The number of hydrogen-bond donors (Lipinski definition) is 0. The van der Waals surface area contributed by atoms with Crippen LogP contribution in [-0.2, 0) is 11.2 Å². The van der Waals surface area contributed by atoms with Crippen molar-refractivity contribution in [1.29, 1.82) is 0 Å². The van der Waals surface area contributed by atoms with Gasteiger partial charge in [-0.3, -0.25) is 4.98 Å². The van der Waals surface area contributed by atoms with Crippen LogP contribution >= 0.6 is 0 Å². The van der Waals surface area contributed by atoms with Gasteiger partial charge < -0.3 is 9.90 Å². The first-order valence-electron chi connectivity index (χ1n) is 4.37.